The first-order chi connectivity index (χ1) is 10.5. The summed E-state index contributed by atoms with van der Waals surface area (Å²) in [5.74, 6) is -0.108. The molecule has 1 aromatic carbocycles. The van der Waals surface area contributed by atoms with E-state index in [1.807, 2.05) is 0 Å². The number of benzene rings is 1. The lowest BCUT2D eigenvalue weighted by Gasteiger charge is -2.37. The first-order valence-electron chi connectivity index (χ1n) is 7.75. The van der Waals surface area contributed by atoms with Crippen LogP contribution in [0.2, 0.25) is 5.02 Å². The van der Waals surface area contributed by atoms with Gasteiger partial charge >= 0.3 is 0 Å². The third-order valence-corrected chi connectivity index (χ3v) is 4.41. The number of hydrogen-bond donors (Lipinski definition) is 1. The first-order valence-corrected chi connectivity index (χ1v) is 8.13. The smallest absolute Gasteiger partial charge is 0.223 e. The number of carbonyl (C=O) groups is 2. The van der Waals surface area contributed by atoms with Crippen LogP contribution in [0, 0.1) is 0 Å². The summed E-state index contributed by atoms with van der Waals surface area (Å²) in [6.45, 7) is 2.39. The molecule has 1 aromatic rings. The van der Waals surface area contributed by atoms with Gasteiger partial charge in [-0.2, -0.15) is 0 Å². The number of amides is 1. The molecule has 0 saturated carbocycles. The van der Waals surface area contributed by atoms with Gasteiger partial charge in [0, 0.05) is 30.0 Å². The van der Waals surface area contributed by atoms with Crippen LogP contribution in [0.25, 0.3) is 0 Å². The molecule has 5 heteroatoms. The number of halogens is 1. The van der Waals surface area contributed by atoms with E-state index in [2.05, 4.69) is 0 Å². The number of piperidine rings is 1. The van der Waals surface area contributed by atoms with Gasteiger partial charge in [0.1, 0.15) is 0 Å². The van der Waals surface area contributed by atoms with Gasteiger partial charge in [-0.05, 0) is 50.5 Å². The van der Waals surface area contributed by atoms with E-state index in [0.29, 0.717) is 17.1 Å². The molecule has 1 N–H and O–H groups in total. The summed E-state index contributed by atoms with van der Waals surface area (Å²) in [5, 5.41) is 10.4. The van der Waals surface area contributed by atoms with Gasteiger partial charge in [0.05, 0.1) is 12.1 Å². The number of rotatable bonds is 5. The Balaban J connectivity index is 1.91. The quantitative estimate of drug-likeness (QED) is 0.847. The topological polar surface area (TPSA) is 57.6 Å². The Morgan fingerprint density at radius 2 is 1.95 bits per heavy atom. The van der Waals surface area contributed by atoms with Crippen LogP contribution in [0.1, 0.15) is 49.4 Å². The molecule has 4 nitrogen and oxygen atoms in total. The highest BCUT2D eigenvalue weighted by atomic mass is 35.5. The van der Waals surface area contributed by atoms with Gasteiger partial charge in [0.2, 0.25) is 5.91 Å². The molecule has 2 rings (SSSR count). The van der Waals surface area contributed by atoms with Crippen LogP contribution < -0.4 is 0 Å². The predicted octanol–water partition coefficient (Wildman–Crippen LogP) is 3.06. The van der Waals surface area contributed by atoms with Crippen LogP contribution in [0.4, 0.5) is 0 Å². The van der Waals surface area contributed by atoms with E-state index < -0.39 is 6.10 Å². The SMILES string of the molecule is CC(O)C1CCCCN1C(=O)CCC(=O)c1ccc(Cl)cc1. The maximum Gasteiger partial charge on any atom is 0.223 e. The van der Waals surface area contributed by atoms with Crippen molar-refractivity contribution in [2.24, 2.45) is 0 Å². The van der Waals surface area contributed by atoms with E-state index in [9.17, 15) is 14.7 Å². The monoisotopic (exact) mass is 323 g/mol. The molecule has 2 atom stereocenters. The van der Waals surface area contributed by atoms with E-state index in [4.69, 9.17) is 11.6 Å². The van der Waals surface area contributed by atoms with Crippen molar-refractivity contribution in [1.29, 1.82) is 0 Å². The van der Waals surface area contributed by atoms with E-state index in [1.165, 1.54) is 0 Å². The molecule has 0 aromatic heterocycles. The maximum absolute atomic E-state index is 12.3. The zero-order valence-electron chi connectivity index (χ0n) is 12.8. The van der Waals surface area contributed by atoms with Crippen molar-refractivity contribution in [2.75, 3.05) is 6.54 Å². The third-order valence-electron chi connectivity index (χ3n) is 4.16. The Morgan fingerprint density at radius 3 is 2.59 bits per heavy atom. The van der Waals surface area contributed by atoms with Crippen LogP contribution in [0.5, 0.6) is 0 Å². The molecule has 22 heavy (non-hydrogen) atoms. The molecule has 0 spiro atoms. The Kier molecular flexibility index (Phi) is 5.98. The van der Waals surface area contributed by atoms with Crippen molar-refractivity contribution in [3.05, 3.63) is 34.9 Å². The van der Waals surface area contributed by atoms with Gasteiger partial charge < -0.3 is 10.0 Å². The predicted molar refractivity (Wildman–Crippen MR) is 86.0 cm³/mol. The van der Waals surface area contributed by atoms with Crippen molar-refractivity contribution < 1.29 is 14.7 Å². The van der Waals surface area contributed by atoms with E-state index in [1.54, 1.807) is 36.1 Å². The number of hydrogen-bond acceptors (Lipinski definition) is 3. The molecule has 1 heterocycles. The fourth-order valence-corrected chi connectivity index (χ4v) is 3.04. The van der Waals surface area contributed by atoms with Crippen LogP contribution in [-0.2, 0) is 4.79 Å². The number of Topliss-reactive ketones (excluding diaryl/α,β-unsaturated/α-hetero) is 1. The summed E-state index contributed by atoms with van der Waals surface area (Å²) < 4.78 is 0. The lowest BCUT2D eigenvalue weighted by atomic mass is 9.97. The van der Waals surface area contributed by atoms with Gasteiger partial charge in [-0.1, -0.05) is 11.6 Å². The van der Waals surface area contributed by atoms with Crippen molar-refractivity contribution in [3.63, 3.8) is 0 Å². The summed E-state index contributed by atoms with van der Waals surface area (Å²) in [7, 11) is 0. The molecule has 0 aliphatic carbocycles. The highest BCUT2D eigenvalue weighted by Crippen LogP contribution is 2.21. The van der Waals surface area contributed by atoms with Crippen LogP contribution in [0.15, 0.2) is 24.3 Å². The lowest BCUT2D eigenvalue weighted by Crippen LogP contribution is -2.48. The van der Waals surface area contributed by atoms with Gasteiger partial charge in [-0.15, -0.1) is 0 Å². The standard InChI is InChI=1S/C17H22ClNO3/c1-12(20)15-4-2-3-11-19(15)17(22)10-9-16(21)13-5-7-14(18)8-6-13/h5-8,12,15,20H,2-4,9-11H2,1H3. The van der Waals surface area contributed by atoms with Gasteiger partial charge in [0.25, 0.3) is 0 Å². The zero-order chi connectivity index (χ0) is 16.1. The fraction of sp³-hybridized carbons (Fsp3) is 0.529. The molecule has 1 saturated heterocycles. The molecule has 2 unspecified atom stereocenters. The number of carbonyl (C=O) groups excluding carboxylic acids is 2. The van der Waals surface area contributed by atoms with Crippen LogP contribution >= 0.6 is 11.6 Å². The van der Waals surface area contributed by atoms with Crippen molar-refractivity contribution in [2.45, 2.75) is 51.2 Å². The summed E-state index contributed by atoms with van der Waals surface area (Å²) in [6, 6.07) is 6.57. The molecule has 0 radical (unpaired) electrons. The molecule has 0 bridgehead atoms. The summed E-state index contributed by atoms with van der Waals surface area (Å²) in [4.78, 5) is 26.2. The Labute approximate surface area is 136 Å². The summed E-state index contributed by atoms with van der Waals surface area (Å²) >= 11 is 5.80. The van der Waals surface area contributed by atoms with E-state index in [-0.39, 0.29) is 30.6 Å². The highest BCUT2D eigenvalue weighted by Gasteiger charge is 2.29. The normalized spacial score (nSPS) is 19.8. The van der Waals surface area contributed by atoms with Crippen molar-refractivity contribution in [3.8, 4) is 0 Å². The Hall–Kier alpha value is -1.39. The minimum atomic E-state index is -0.531. The number of aliphatic hydroxyl groups is 1. The maximum atomic E-state index is 12.3. The highest BCUT2D eigenvalue weighted by molar-refractivity contribution is 6.30. The Bertz CT molecular complexity index is 527. The van der Waals surface area contributed by atoms with Gasteiger partial charge in [-0.3, -0.25) is 9.59 Å². The number of ketones is 1. The molecule has 120 valence electrons. The van der Waals surface area contributed by atoms with E-state index >= 15 is 0 Å². The second kappa shape index (κ2) is 7.75. The summed E-state index contributed by atoms with van der Waals surface area (Å²) in [5.41, 5.74) is 0.572. The lowest BCUT2D eigenvalue weighted by molar-refractivity contribution is -0.137. The van der Waals surface area contributed by atoms with Crippen molar-refractivity contribution in [1.82, 2.24) is 4.90 Å². The largest absolute Gasteiger partial charge is 0.391 e. The molecule has 1 amide bonds. The van der Waals surface area contributed by atoms with Gasteiger partial charge in [-0.25, -0.2) is 0 Å². The van der Waals surface area contributed by atoms with Crippen LogP contribution in [0.3, 0.4) is 0 Å². The van der Waals surface area contributed by atoms with Crippen LogP contribution in [-0.4, -0.2) is 40.4 Å². The molecular formula is C17H22ClNO3. The fourth-order valence-electron chi connectivity index (χ4n) is 2.91. The van der Waals surface area contributed by atoms with E-state index in [0.717, 1.165) is 19.3 Å². The second-order valence-electron chi connectivity index (χ2n) is 5.82. The second-order valence-corrected chi connectivity index (χ2v) is 6.26. The average molecular weight is 324 g/mol. The number of aliphatic hydroxyl groups excluding tert-OH is 1. The molecule has 1 aliphatic heterocycles. The summed E-state index contributed by atoms with van der Waals surface area (Å²) in [6.07, 6.45) is 2.66. The third kappa shape index (κ3) is 4.31. The Morgan fingerprint density at radius 1 is 1.27 bits per heavy atom. The molecular weight excluding hydrogens is 302 g/mol. The number of nitrogens with zero attached hydrogens (tertiary/aromatic N) is 1. The molecule has 1 aliphatic rings. The number of likely N-dealkylation sites (tertiary alicyclic amines) is 1. The first kappa shape index (κ1) is 17.0. The minimum Gasteiger partial charge on any atom is -0.391 e. The zero-order valence-corrected chi connectivity index (χ0v) is 13.6. The van der Waals surface area contributed by atoms with Gasteiger partial charge in [0.15, 0.2) is 5.78 Å². The minimum absolute atomic E-state index is 0.0482. The average Bonchev–Trinajstić information content (AvgIpc) is 2.53. The van der Waals surface area contributed by atoms with Crippen molar-refractivity contribution >= 4 is 23.3 Å². The molecule has 1 fully saturated rings.